The van der Waals surface area contributed by atoms with Crippen LogP contribution in [-0.4, -0.2) is 32.9 Å². The highest BCUT2D eigenvalue weighted by Crippen LogP contribution is 2.41. The minimum absolute atomic E-state index is 0.109. The molecule has 7 heteroatoms. The van der Waals surface area contributed by atoms with Crippen molar-refractivity contribution in [2.75, 3.05) is 26.5 Å². The van der Waals surface area contributed by atoms with E-state index in [1.54, 1.807) is 14.2 Å². The van der Waals surface area contributed by atoms with E-state index >= 15 is 0 Å². The fraction of sp³-hybridized carbons (Fsp3) is 0.538. The maximum absolute atomic E-state index is 12.1. The summed E-state index contributed by atoms with van der Waals surface area (Å²) in [7, 11) is 5.98. The lowest BCUT2D eigenvalue weighted by atomic mass is 10.1. The molecule has 1 aromatic carbocycles. The maximum Gasteiger partial charge on any atom is 0.239 e. The van der Waals surface area contributed by atoms with Crippen LogP contribution in [-0.2, 0) is 6.42 Å². The Labute approximate surface area is 126 Å². The molecule has 0 unspecified atom stereocenters. The van der Waals surface area contributed by atoms with Crippen molar-refractivity contribution < 1.29 is 18.3 Å². The number of halogens is 2. The smallest absolute Gasteiger partial charge is 0.239 e. The second-order valence-electron chi connectivity index (χ2n) is 3.94. The van der Waals surface area contributed by atoms with Gasteiger partial charge in [0.2, 0.25) is 6.43 Å². The number of hydrogen-bond acceptors (Lipinski definition) is 5. The minimum Gasteiger partial charge on any atom is -0.496 e. The summed E-state index contributed by atoms with van der Waals surface area (Å²) in [6.07, 6.45) is -1.67. The van der Waals surface area contributed by atoms with E-state index in [0.717, 1.165) is 16.2 Å². The van der Waals surface area contributed by atoms with Crippen LogP contribution in [0.2, 0.25) is 0 Å². The van der Waals surface area contributed by atoms with E-state index in [1.165, 1.54) is 21.6 Å². The van der Waals surface area contributed by atoms with Gasteiger partial charge in [-0.05, 0) is 30.7 Å². The Hall–Kier alpha value is -0.660. The molecule has 0 amide bonds. The van der Waals surface area contributed by atoms with Gasteiger partial charge in [0.25, 0.3) is 0 Å². The first kappa shape index (κ1) is 17.4. The first-order chi connectivity index (χ1) is 9.62. The van der Waals surface area contributed by atoms with Gasteiger partial charge in [-0.2, -0.15) is 0 Å². The van der Waals surface area contributed by atoms with Crippen molar-refractivity contribution in [1.82, 2.24) is 0 Å². The van der Waals surface area contributed by atoms with Crippen molar-refractivity contribution in [3.05, 3.63) is 17.7 Å². The zero-order chi connectivity index (χ0) is 15.0. The zero-order valence-corrected chi connectivity index (χ0v) is 13.2. The summed E-state index contributed by atoms with van der Waals surface area (Å²) >= 11 is 0. The molecule has 0 radical (unpaired) electrons. The molecule has 0 atom stereocenters. The Morgan fingerprint density at radius 1 is 1.20 bits per heavy atom. The van der Waals surface area contributed by atoms with Crippen molar-refractivity contribution in [3.63, 3.8) is 0 Å². The highest BCUT2D eigenvalue weighted by molar-refractivity contribution is 8.76. The molecule has 1 rings (SSSR count). The number of rotatable bonds is 9. The predicted molar refractivity (Wildman–Crippen MR) is 81.2 cm³/mol. The molecular weight excluding hydrogens is 304 g/mol. The summed E-state index contributed by atoms with van der Waals surface area (Å²) in [6, 6.07) is 3.76. The highest BCUT2D eigenvalue weighted by Gasteiger charge is 2.12. The van der Waals surface area contributed by atoms with Crippen LogP contribution in [0.3, 0.4) is 0 Å². The standard InChI is InChI=1S/C13H19F2NO2S2/c1-17-10-8-12(20-19-6-4-13(14)15)11(18-2)7-9(10)3-5-16/h7-8,13H,3-6,16H2,1-2H3. The van der Waals surface area contributed by atoms with Crippen molar-refractivity contribution in [1.29, 1.82) is 0 Å². The SMILES string of the molecule is COc1cc(SSCCC(F)F)c(OC)cc1CCN. The number of hydrogen-bond donors (Lipinski definition) is 1. The summed E-state index contributed by atoms with van der Waals surface area (Å²) < 4.78 is 34.8. The molecule has 0 aliphatic rings. The molecule has 0 bridgehead atoms. The second-order valence-corrected chi connectivity index (χ2v) is 6.40. The highest BCUT2D eigenvalue weighted by atomic mass is 33.1. The molecule has 0 spiro atoms. The summed E-state index contributed by atoms with van der Waals surface area (Å²) in [6.45, 7) is 0.523. The summed E-state index contributed by atoms with van der Waals surface area (Å²) in [5, 5.41) is 0. The van der Waals surface area contributed by atoms with Crippen molar-refractivity contribution in [2.45, 2.75) is 24.2 Å². The van der Waals surface area contributed by atoms with Gasteiger partial charge >= 0.3 is 0 Å². The fourth-order valence-corrected chi connectivity index (χ4v) is 3.77. The molecule has 0 aromatic heterocycles. The normalized spacial score (nSPS) is 10.9. The van der Waals surface area contributed by atoms with Gasteiger partial charge in [0, 0.05) is 12.2 Å². The molecule has 114 valence electrons. The third-order valence-corrected chi connectivity index (χ3v) is 4.96. The molecule has 0 aliphatic carbocycles. The van der Waals surface area contributed by atoms with Gasteiger partial charge in [-0.25, -0.2) is 8.78 Å². The van der Waals surface area contributed by atoms with Gasteiger partial charge < -0.3 is 15.2 Å². The number of methoxy groups -OCH3 is 2. The fourth-order valence-electron chi connectivity index (χ4n) is 1.59. The van der Waals surface area contributed by atoms with Gasteiger partial charge in [0.1, 0.15) is 11.5 Å². The molecular formula is C13H19F2NO2S2. The molecule has 3 nitrogen and oxygen atoms in total. The van der Waals surface area contributed by atoms with Crippen molar-refractivity contribution >= 4 is 21.6 Å². The third-order valence-electron chi connectivity index (χ3n) is 2.55. The van der Waals surface area contributed by atoms with Gasteiger partial charge in [0.05, 0.1) is 19.1 Å². The molecule has 1 aromatic rings. The van der Waals surface area contributed by atoms with E-state index in [1.807, 2.05) is 12.1 Å². The van der Waals surface area contributed by atoms with Gasteiger partial charge in [0.15, 0.2) is 0 Å². The number of ether oxygens (including phenoxy) is 2. The lowest BCUT2D eigenvalue weighted by Gasteiger charge is -2.14. The topological polar surface area (TPSA) is 44.5 Å². The Bertz CT molecular complexity index is 420. The molecule has 0 heterocycles. The Morgan fingerprint density at radius 2 is 1.90 bits per heavy atom. The Balaban J connectivity index is 2.78. The van der Waals surface area contributed by atoms with Crippen LogP contribution < -0.4 is 15.2 Å². The Kier molecular flexibility index (Phi) is 8.09. The lowest BCUT2D eigenvalue weighted by molar-refractivity contribution is 0.145. The van der Waals surface area contributed by atoms with Gasteiger partial charge in [-0.3, -0.25) is 0 Å². The van der Waals surface area contributed by atoms with E-state index < -0.39 is 6.43 Å². The average Bonchev–Trinajstić information content (AvgIpc) is 2.44. The molecule has 0 fully saturated rings. The van der Waals surface area contributed by atoms with E-state index in [0.29, 0.717) is 24.5 Å². The van der Waals surface area contributed by atoms with E-state index in [2.05, 4.69) is 0 Å². The van der Waals surface area contributed by atoms with Gasteiger partial charge in [-0.15, -0.1) is 0 Å². The first-order valence-corrected chi connectivity index (χ1v) is 8.46. The zero-order valence-electron chi connectivity index (χ0n) is 11.5. The Morgan fingerprint density at radius 3 is 2.45 bits per heavy atom. The quantitative estimate of drug-likeness (QED) is 0.556. The predicted octanol–water partition coefficient (Wildman–Crippen LogP) is 3.60. The van der Waals surface area contributed by atoms with Crippen molar-refractivity contribution in [3.8, 4) is 11.5 Å². The van der Waals surface area contributed by atoms with Crippen LogP contribution in [0.25, 0.3) is 0 Å². The largest absolute Gasteiger partial charge is 0.496 e. The average molecular weight is 323 g/mol. The van der Waals surface area contributed by atoms with E-state index in [9.17, 15) is 8.78 Å². The van der Waals surface area contributed by atoms with Gasteiger partial charge in [-0.1, -0.05) is 21.6 Å². The van der Waals surface area contributed by atoms with Crippen LogP contribution in [0, 0.1) is 0 Å². The molecule has 0 saturated carbocycles. The van der Waals surface area contributed by atoms with Crippen LogP contribution in [0.4, 0.5) is 8.78 Å². The van der Waals surface area contributed by atoms with E-state index in [4.69, 9.17) is 15.2 Å². The van der Waals surface area contributed by atoms with Crippen LogP contribution >= 0.6 is 21.6 Å². The minimum atomic E-state index is -2.26. The lowest BCUT2D eigenvalue weighted by Crippen LogP contribution is -2.05. The first-order valence-electron chi connectivity index (χ1n) is 6.15. The number of benzene rings is 1. The second kappa shape index (κ2) is 9.31. The number of nitrogens with two attached hydrogens (primary N) is 1. The summed E-state index contributed by atoms with van der Waals surface area (Å²) in [5.74, 6) is 1.84. The van der Waals surface area contributed by atoms with Crippen LogP contribution in [0.15, 0.2) is 17.0 Å². The molecule has 20 heavy (non-hydrogen) atoms. The van der Waals surface area contributed by atoms with Crippen molar-refractivity contribution in [2.24, 2.45) is 5.73 Å². The van der Waals surface area contributed by atoms with Crippen LogP contribution in [0.1, 0.15) is 12.0 Å². The third kappa shape index (κ3) is 5.38. The summed E-state index contributed by atoms with van der Waals surface area (Å²) in [4.78, 5) is 0.865. The molecule has 0 saturated heterocycles. The van der Waals surface area contributed by atoms with Crippen LogP contribution in [0.5, 0.6) is 11.5 Å². The monoisotopic (exact) mass is 323 g/mol. The molecule has 0 aliphatic heterocycles. The summed E-state index contributed by atoms with van der Waals surface area (Å²) in [5.41, 5.74) is 6.54. The number of alkyl halides is 2. The molecule has 2 N–H and O–H groups in total. The van der Waals surface area contributed by atoms with E-state index in [-0.39, 0.29) is 6.42 Å². The maximum atomic E-state index is 12.1.